The number of nitrogens with one attached hydrogen (secondary N) is 1. The van der Waals surface area contributed by atoms with E-state index in [0.29, 0.717) is 25.9 Å². The molecule has 0 aliphatic carbocycles. The fourth-order valence-corrected chi connectivity index (χ4v) is 5.34. The maximum Gasteiger partial charge on any atom is 0.221 e. The molecule has 1 amide bonds. The average molecular weight is 360 g/mol. The number of hydrogen-bond donors (Lipinski definition) is 1. The van der Waals surface area contributed by atoms with E-state index in [9.17, 15) is 13.2 Å². The summed E-state index contributed by atoms with van der Waals surface area (Å²) in [7, 11) is -0.974. The summed E-state index contributed by atoms with van der Waals surface area (Å²) in [5.41, 5.74) is 2.93. The van der Waals surface area contributed by atoms with E-state index in [1.54, 1.807) is 11.3 Å². The Hall–Kier alpha value is -0.990. The zero-order chi connectivity index (χ0) is 16.9. The summed E-state index contributed by atoms with van der Waals surface area (Å²) >= 11 is 1.66. The van der Waals surface area contributed by atoms with Gasteiger partial charge in [0.25, 0.3) is 0 Å². The monoisotopic (exact) mass is 359 g/mol. The molecule has 0 radical (unpaired) electrons. The molecule has 23 heavy (non-hydrogen) atoms. The fourth-order valence-electron chi connectivity index (χ4n) is 2.71. The van der Waals surface area contributed by atoms with E-state index in [-0.39, 0.29) is 23.5 Å². The van der Waals surface area contributed by atoms with E-state index in [4.69, 9.17) is 0 Å². The van der Waals surface area contributed by atoms with Crippen LogP contribution in [0.1, 0.15) is 29.8 Å². The van der Waals surface area contributed by atoms with Crippen LogP contribution in [0.5, 0.6) is 0 Å². The average Bonchev–Trinajstić information content (AvgIpc) is 3.06. The highest BCUT2D eigenvalue weighted by molar-refractivity contribution is 7.91. The van der Waals surface area contributed by atoms with Crippen LogP contribution in [-0.2, 0) is 21.1 Å². The Bertz CT molecular complexity index is 628. The number of rotatable bonds is 8. The summed E-state index contributed by atoms with van der Waals surface area (Å²) in [5.74, 6) is 0.517. The van der Waals surface area contributed by atoms with E-state index < -0.39 is 9.84 Å². The molecule has 1 fully saturated rings. The van der Waals surface area contributed by atoms with Gasteiger partial charge >= 0.3 is 0 Å². The minimum Gasteiger partial charge on any atom is -0.356 e. The van der Waals surface area contributed by atoms with Gasteiger partial charge in [-0.1, -0.05) is 0 Å². The Labute approximate surface area is 142 Å². The van der Waals surface area contributed by atoms with Gasteiger partial charge in [0.2, 0.25) is 5.91 Å². The molecular weight excluding hydrogens is 334 g/mol. The molecule has 0 saturated carbocycles. The van der Waals surface area contributed by atoms with Crippen molar-refractivity contribution in [2.24, 2.45) is 0 Å². The normalized spacial score (nSPS) is 20.0. The lowest BCUT2D eigenvalue weighted by Gasteiger charge is -2.22. The van der Waals surface area contributed by atoms with Crippen LogP contribution in [0.4, 0.5) is 0 Å². The topological polar surface area (TPSA) is 79.4 Å². The summed E-state index contributed by atoms with van der Waals surface area (Å²) in [6.07, 6.45) is 2.93. The third-order valence-corrected chi connectivity index (χ3v) is 7.02. The van der Waals surface area contributed by atoms with Crippen LogP contribution in [0.2, 0.25) is 0 Å². The molecule has 6 nitrogen and oxygen atoms in total. The molecule has 2 rings (SSSR count). The van der Waals surface area contributed by atoms with Gasteiger partial charge < -0.3 is 10.2 Å². The molecule has 0 unspecified atom stereocenters. The second-order valence-corrected chi connectivity index (χ2v) is 9.27. The van der Waals surface area contributed by atoms with Crippen molar-refractivity contribution in [3.8, 4) is 0 Å². The number of sulfone groups is 1. The van der Waals surface area contributed by atoms with E-state index in [0.717, 1.165) is 18.5 Å². The predicted octanol–water partition coefficient (Wildman–Crippen LogP) is 1.01. The molecule has 0 bridgehead atoms. The number of hydrogen-bond acceptors (Lipinski definition) is 6. The number of thiazole rings is 1. The van der Waals surface area contributed by atoms with Crippen molar-refractivity contribution in [2.45, 2.75) is 38.6 Å². The van der Waals surface area contributed by atoms with E-state index >= 15 is 0 Å². The lowest BCUT2D eigenvalue weighted by atomic mass is 10.2. The standard InChI is InChI=1S/C15H25N3O3S2/c1-12-14(22-11-17-12)4-3-7-16-15(19)5-8-18(2)13-6-9-23(20,21)10-13/h11,13H,3-10H2,1-2H3,(H,16,19)/t13-/m0/s1. The van der Waals surface area contributed by atoms with Crippen LogP contribution in [0.15, 0.2) is 5.51 Å². The lowest BCUT2D eigenvalue weighted by molar-refractivity contribution is -0.121. The summed E-state index contributed by atoms with van der Waals surface area (Å²) in [6, 6.07) is 0.0575. The number of carbonyl (C=O) groups excluding carboxylic acids is 1. The highest BCUT2D eigenvalue weighted by atomic mass is 32.2. The smallest absolute Gasteiger partial charge is 0.221 e. The molecule has 1 aromatic rings. The Morgan fingerprint density at radius 2 is 2.30 bits per heavy atom. The molecule has 1 atom stereocenters. The van der Waals surface area contributed by atoms with Gasteiger partial charge in [0.1, 0.15) is 0 Å². The SMILES string of the molecule is Cc1ncsc1CCCNC(=O)CCN(C)[C@H]1CCS(=O)(=O)C1. The van der Waals surface area contributed by atoms with Crippen molar-refractivity contribution in [1.82, 2.24) is 15.2 Å². The van der Waals surface area contributed by atoms with Crippen molar-refractivity contribution < 1.29 is 13.2 Å². The van der Waals surface area contributed by atoms with Gasteiger partial charge in [0.15, 0.2) is 9.84 Å². The van der Waals surface area contributed by atoms with Crippen LogP contribution >= 0.6 is 11.3 Å². The molecular formula is C15H25N3O3S2. The minimum absolute atomic E-state index is 0.0266. The number of aromatic nitrogens is 1. The van der Waals surface area contributed by atoms with Crippen LogP contribution in [0, 0.1) is 6.92 Å². The summed E-state index contributed by atoms with van der Waals surface area (Å²) in [5, 5.41) is 2.93. The number of nitrogens with zero attached hydrogens (tertiary/aromatic N) is 2. The van der Waals surface area contributed by atoms with Gasteiger partial charge in [-0.2, -0.15) is 0 Å². The molecule has 130 valence electrons. The van der Waals surface area contributed by atoms with Gasteiger partial charge in [-0.3, -0.25) is 4.79 Å². The number of carbonyl (C=O) groups is 1. The van der Waals surface area contributed by atoms with Gasteiger partial charge in [-0.25, -0.2) is 13.4 Å². The van der Waals surface area contributed by atoms with Crippen molar-refractivity contribution >= 4 is 27.1 Å². The third kappa shape index (κ3) is 5.86. The molecule has 1 aromatic heterocycles. The fraction of sp³-hybridized carbons (Fsp3) is 0.733. The second-order valence-electron chi connectivity index (χ2n) is 6.10. The Morgan fingerprint density at radius 1 is 1.52 bits per heavy atom. The van der Waals surface area contributed by atoms with Crippen molar-refractivity contribution in [1.29, 1.82) is 0 Å². The van der Waals surface area contributed by atoms with Crippen molar-refractivity contribution in [2.75, 3.05) is 31.6 Å². The quantitative estimate of drug-likeness (QED) is 0.701. The lowest BCUT2D eigenvalue weighted by Crippen LogP contribution is -2.36. The Morgan fingerprint density at radius 3 is 2.91 bits per heavy atom. The van der Waals surface area contributed by atoms with E-state index in [2.05, 4.69) is 10.3 Å². The third-order valence-electron chi connectivity index (χ3n) is 4.27. The van der Waals surface area contributed by atoms with Gasteiger partial charge in [0, 0.05) is 30.4 Å². The highest BCUT2D eigenvalue weighted by Crippen LogP contribution is 2.16. The molecule has 2 heterocycles. The first-order valence-corrected chi connectivity index (χ1v) is 10.6. The first-order chi connectivity index (χ1) is 10.9. The van der Waals surface area contributed by atoms with Crippen LogP contribution in [0.3, 0.4) is 0 Å². The molecule has 1 aliphatic rings. The minimum atomic E-state index is -2.87. The molecule has 0 aromatic carbocycles. The van der Waals surface area contributed by atoms with Gasteiger partial charge in [-0.05, 0) is 33.2 Å². The zero-order valence-electron chi connectivity index (χ0n) is 13.7. The maximum absolute atomic E-state index is 11.9. The first-order valence-electron chi connectivity index (χ1n) is 7.94. The number of amides is 1. The van der Waals surface area contributed by atoms with Crippen LogP contribution in [0.25, 0.3) is 0 Å². The van der Waals surface area contributed by atoms with Crippen LogP contribution < -0.4 is 5.32 Å². The van der Waals surface area contributed by atoms with Crippen molar-refractivity contribution in [3.05, 3.63) is 16.1 Å². The Balaban J connectivity index is 1.59. The van der Waals surface area contributed by atoms with Crippen LogP contribution in [-0.4, -0.2) is 61.9 Å². The van der Waals surface area contributed by atoms with E-state index in [1.165, 1.54) is 4.88 Å². The molecule has 0 spiro atoms. The van der Waals surface area contributed by atoms with Crippen molar-refractivity contribution in [3.63, 3.8) is 0 Å². The van der Waals surface area contributed by atoms with Gasteiger partial charge in [-0.15, -0.1) is 11.3 Å². The van der Waals surface area contributed by atoms with Gasteiger partial charge in [0.05, 0.1) is 22.7 Å². The molecule has 1 aliphatic heterocycles. The molecule has 8 heteroatoms. The number of aryl methyl sites for hydroxylation is 2. The highest BCUT2D eigenvalue weighted by Gasteiger charge is 2.30. The zero-order valence-corrected chi connectivity index (χ0v) is 15.4. The maximum atomic E-state index is 11.9. The molecule has 1 N–H and O–H groups in total. The Kier molecular flexibility index (Phi) is 6.55. The molecule has 1 saturated heterocycles. The first kappa shape index (κ1) is 18.4. The summed E-state index contributed by atoms with van der Waals surface area (Å²) in [6.45, 7) is 3.27. The second kappa shape index (κ2) is 8.21. The summed E-state index contributed by atoms with van der Waals surface area (Å²) in [4.78, 5) is 19.3. The largest absolute Gasteiger partial charge is 0.356 e. The predicted molar refractivity (Wildman–Crippen MR) is 92.5 cm³/mol. The summed E-state index contributed by atoms with van der Waals surface area (Å²) < 4.78 is 22.9. The van der Waals surface area contributed by atoms with E-state index in [1.807, 2.05) is 24.4 Å².